The van der Waals surface area contributed by atoms with Crippen LogP contribution in [0.1, 0.15) is 31.7 Å². The van der Waals surface area contributed by atoms with Crippen molar-refractivity contribution in [1.82, 2.24) is 4.90 Å². The van der Waals surface area contributed by atoms with E-state index in [0.717, 1.165) is 35.7 Å². The van der Waals surface area contributed by atoms with E-state index < -0.39 is 0 Å². The number of esters is 1. The van der Waals surface area contributed by atoms with E-state index in [-0.39, 0.29) is 17.8 Å². The SMILES string of the molecule is CCOC(=O)C1CCCN(C(=O)Cc2cccc3ccccc23)CC1. The second-order valence-corrected chi connectivity index (χ2v) is 6.58. The van der Waals surface area contributed by atoms with Crippen LogP contribution < -0.4 is 0 Å². The minimum Gasteiger partial charge on any atom is -0.466 e. The van der Waals surface area contributed by atoms with Crippen molar-refractivity contribution in [3.05, 3.63) is 48.0 Å². The molecule has 4 nitrogen and oxygen atoms in total. The van der Waals surface area contributed by atoms with Crippen LogP contribution in [0.2, 0.25) is 0 Å². The van der Waals surface area contributed by atoms with Crippen molar-refractivity contribution in [2.24, 2.45) is 5.92 Å². The van der Waals surface area contributed by atoms with Crippen LogP contribution in [0.15, 0.2) is 42.5 Å². The van der Waals surface area contributed by atoms with Gasteiger partial charge in [0.25, 0.3) is 0 Å². The summed E-state index contributed by atoms with van der Waals surface area (Å²) >= 11 is 0. The molecule has 0 radical (unpaired) electrons. The Balaban J connectivity index is 1.66. The fraction of sp³-hybridized carbons (Fsp3) is 0.429. The summed E-state index contributed by atoms with van der Waals surface area (Å²) in [6.07, 6.45) is 2.76. The van der Waals surface area contributed by atoms with Gasteiger partial charge >= 0.3 is 5.97 Å². The summed E-state index contributed by atoms with van der Waals surface area (Å²) in [7, 11) is 0. The Bertz CT molecular complexity index is 750. The molecule has 1 heterocycles. The van der Waals surface area contributed by atoms with Gasteiger partial charge in [-0.3, -0.25) is 9.59 Å². The van der Waals surface area contributed by atoms with E-state index in [1.807, 2.05) is 36.1 Å². The average Bonchev–Trinajstić information content (AvgIpc) is 2.88. The molecule has 0 aliphatic carbocycles. The number of likely N-dealkylation sites (tertiary alicyclic amines) is 1. The molecule has 1 aliphatic heterocycles. The van der Waals surface area contributed by atoms with Crippen LogP contribution in [0.25, 0.3) is 10.8 Å². The van der Waals surface area contributed by atoms with Crippen LogP contribution in [0, 0.1) is 5.92 Å². The Labute approximate surface area is 148 Å². The number of hydrogen-bond donors (Lipinski definition) is 0. The summed E-state index contributed by atoms with van der Waals surface area (Å²) in [5, 5.41) is 2.30. The lowest BCUT2D eigenvalue weighted by atomic mass is 10.0. The van der Waals surface area contributed by atoms with Crippen molar-refractivity contribution in [3.8, 4) is 0 Å². The van der Waals surface area contributed by atoms with Gasteiger partial charge in [0.2, 0.25) is 5.91 Å². The number of benzene rings is 2. The van der Waals surface area contributed by atoms with E-state index in [1.54, 1.807) is 0 Å². The Hall–Kier alpha value is -2.36. The highest BCUT2D eigenvalue weighted by Crippen LogP contribution is 2.22. The standard InChI is InChI=1S/C21H25NO3/c1-2-25-21(24)17-10-6-13-22(14-12-17)20(23)15-18-9-5-8-16-7-3-4-11-19(16)18/h3-5,7-9,11,17H,2,6,10,12-15H2,1H3. The lowest BCUT2D eigenvalue weighted by Gasteiger charge is -2.21. The molecule has 2 aromatic rings. The number of carbonyl (C=O) groups excluding carboxylic acids is 2. The summed E-state index contributed by atoms with van der Waals surface area (Å²) in [6.45, 7) is 3.60. The zero-order valence-electron chi connectivity index (χ0n) is 14.7. The van der Waals surface area contributed by atoms with Crippen LogP contribution in [0.5, 0.6) is 0 Å². The highest BCUT2D eigenvalue weighted by Gasteiger charge is 2.26. The molecule has 132 valence electrons. The van der Waals surface area contributed by atoms with E-state index in [0.29, 0.717) is 26.0 Å². The maximum Gasteiger partial charge on any atom is 0.308 e. The quantitative estimate of drug-likeness (QED) is 0.800. The Morgan fingerprint density at radius 1 is 1.08 bits per heavy atom. The normalized spacial score (nSPS) is 18.0. The Morgan fingerprint density at radius 2 is 1.88 bits per heavy atom. The van der Waals surface area contributed by atoms with Gasteiger partial charge in [0.1, 0.15) is 0 Å². The number of fused-ring (bicyclic) bond motifs is 1. The third kappa shape index (κ3) is 4.19. The highest BCUT2D eigenvalue weighted by molar-refractivity contribution is 5.90. The lowest BCUT2D eigenvalue weighted by molar-refractivity contribution is -0.148. The van der Waals surface area contributed by atoms with Crippen LogP contribution in [-0.2, 0) is 20.7 Å². The molecule has 0 saturated carbocycles. The maximum atomic E-state index is 12.8. The number of carbonyl (C=O) groups is 2. The van der Waals surface area contributed by atoms with E-state index >= 15 is 0 Å². The zero-order chi connectivity index (χ0) is 17.6. The molecule has 4 heteroatoms. The molecule has 2 aromatic carbocycles. The number of amides is 1. The molecular formula is C21H25NO3. The van der Waals surface area contributed by atoms with Gasteiger partial charge in [-0.05, 0) is 42.5 Å². The first kappa shape index (κ1) is 17.5. The van der Waals surface area contributed by atoms with Crippen LogP contribution in [0.4, 0.5) is 0 Å². The molecule has 1 aliphatic rings. The average molecular weight is 339 g/mol. The van der Waals surface area contributed by atoms with Crippen molar-refractivity contribution < 1.29 is 14.3 Å². The van der Waals surface area contributed by atoms with Gasteiger partial charge < -0.3 is 9.64 Å². The summed E-state index contributed by atoms with van der Waals surface area (Å²) in [6, 6.07) is 14.3. The maximum absolute atomic E-state index is 12.8. The molecule has 0 bridgehead atoms. The molecule has 1 saturated heterocycles. The van der Waals surface area contributed by atoms with Crippen LogP contribution in [-0.4, -0.2) is 36.5 Å². The monoisotopic (exact) mass is 339 g/mol. The van der Waals surface area contributed by atoms with Crippen LogP contribution in [0.3, 0.4) is 0 Å². The molecule has 0 N–H and O–H groups in total. The fourth-order valence-electron chi connectivity index (χ4n) is 3.56. The van der Waals surface area contributed by atoms with E-state index in [9.17, 15) is 9.59 Å². The molecule has 1 unspecified atom stereocenters. The van der Waals surface area contributed by atoms with Crippen molar-refractivity contribution in [2.75, 3.05) is 19.7 Å². The zero-order valence-corrected chi connectivity index (χ0v) is 14.7. The van der Waals surface area contributed by atoms with Crippen molar-refractivity contribution in [2.45, 2.75) is 32.6 Å². The lowest BCUT2D eigenvalue weighted by Crippen LogP contribution is -2.33. The molecule has 25 heavy (non-hydrogen) atoms. The highest BCUT2D eigenvalue weighted by atomic mass is 16.5. The predicted octanol–water partition coefficient (Wildman–Crippen LogP) is 3.57. The number of ether oxygens (including phenoxy) is 1. The first-order valence-electron chi connectivity index (χ1n) is 9.10. The predicted molar refractivity (Wildman–Crippen MR) is 98.2 cm³/mol. The summed E-state index contributed by atoms with van der Waals surface area (Å²) < 4.78 is 5.13. The Kier molecular flexibility index (Phi) is 5.69. The fourth-order valence-corrected chi connectivity index (χ4v) is 3.56. The second kappa shape index (κ2) is 8.15. The van der Waals surface area contributed by atoms with Crippen molar-refractivity contribution in [1.29, 1.82) is 0 Å². The van der Waals surface area contributed by atoms with Crippen molar-refractivity contribution >= 4 is 22.6 Å². The molecule has 0 spiro atoms. The smallest absolute Gasteiger partial charge is 0.308 e. The number of nitrogens with zero attached hydrogens (tertiary/aromatic N) is 1. The van der Waals surface area contributed by atoms with Crippen molar-refractivity contribution in [3.63, 3.8) is 0 Å². The number of rotatable bonds is 4. The van der Waals surface area contributed by atoms with Gasteiger partial charge in [-0.25, -0.2) is 0 Å². The molecule has 0 aromatic heterocycles. The molecular weight excluding hydrogens is 314 g/mol. The van der Waals surface area contributed by atoms with Gasteiger partial charge in [0.05, 0.1) is 18.9 Å². The van der Waals surface area contributed by atoms with E-state index in [1.165, 1.54) is 0 Å². The van der Waals surface area contributed by atoms with Gasteiger partial charge in [-0.2, -0.15) is 0 Å². The van der Waals surface area contributed by atoms with Gasteiger partial charge in [-0.1, -0.05) is 42.5 Å². The van der Waals surface area contributed by atoms with Gasteiger partial charge in [-0.15, -0.1) is 0 Å². The first-order chi connectivity index (χ1) is 12.2. The first-order valence-corrected chi connectivity index (χ1v) is 9.10. The van der Waals surface area contributed by atoms with Gasteiger partial charge in [0, 0.05) is 13.1 Å². The topological polar surface area (TPSA) is 46.6 Å². The minimum atomic E-state index is -0.120. The molecule has 1 fully saturated rings. The minimum absolute atomic E-state index is 0.0738. The molecule has 1 amide bonds. The number of hydrogen-bond acceptors (Lipinski definition) is 3. The largest absolute Gasteiger partial charge is 0.466 e. The summed E-state index contributed by atoms with van der Waals surface area (Å²) in [5.74, 6) is -0.0537. The summed E-state index contributed by atoms with van der Waals surface area (Å²) in [5.41, 5.74) is 1.06. The van der Waals surface area contributed by atoms with E-state index in [4.69, 9.17) is 4.74 Å². The third-order valence-corrected chi connectivity index (χ3v) is 4.92. The third-order valence-electron chi connectivity index (χ3n) is 4.92. The van der Waals surface area contributed by atoms with Gasteiger partial charge in [0.15, 0.2) is 0 Å². The molecule has 3 rings (SSSR count). The van der Waals surface area contributed by atoms with E-state index in [2.05, 4.69) is 18.2 Å². The second-order valence-electron chi connectivity index (χ2n) is 6.58. The van der Waals surface area contributed by atoms with Crippen LogP contribution >= 0.6 is 0 Å². The summed E-state index contributed by atoms with van der Waals surface area (Å²) in [4.78, 5) is 26.6. The molecule has 1 atom stereocenters. The Morgan fingerprint density at radius 3 is 2.72 bits per heavy atom.